The van der Waals surface area contributed by atoms with E-state index in [1.165, 1.54) is 10.5 Å². The highest BCUT2D eigenvalue weighted by Crippen LogP contribution is 2.26. The fourth-order valence-electron chi connectivity index (χ4n) is 0.909. The van der Waals surface area contributed by atoms with Crippen LogP contribution in [0.5, 0.6) is 0 Å². The lowest BCUT2D eigenvalue weighted by atomic mass is 10.3. The number of thioether (sulfide) groups is 1. The van der Waals surface area contributed by atoms with Gasteiger partial charge in [-0.2, -0.15) is 11.3 Å². The Morgan fingerprint density at radius 3 is 3.00 bits per heavy atom. The Balaban J connectivity index is 2.79. The minimum Gasteiger partial charge on any atom is -0.152 e. The molecular formula is C9H12S2. The predicted molar refractivity (Wildman–Crippen MR) is 56.1 cm³/mol. The van der Waals surface area contributed by atoms with Gasteiger partial charge in [0.25, 0.3) is 0 Å². The molecule has 0 bridgehead atoms. The molecule has 1 heterocycles. The van der Waals surface area contributed by atoms with Gasteiger partial charge in [-0.3, -0.25) is 0 Å². The van der Waals surface area contributed by atoms with E-state index in [1.54, 1.807) is 11.3 Å². The lowest BCUT2D eigenvalue weighted by Crippen LogP contribution is -1.72. The minimum absolute atomic E-state index is 1.12. The quantitative estimate of drug-likeness (QED) is 0.687. The standard InChI is InChI=1S/C9H12S2/c1-3-4-9(10-2)8-5-6-11-7-8/h4-7H,3H2,1-2H3/b9-4+. The summed E-state index contributed by atoms with van der Waals surface area (Å²) < 4.78 is 0. The van der Waals surface area contributed by atoms with Crippen molar-refractivity contribution in [1.29, 1.82) is 0 Å². The van der Waals surface area contributed by atoms with Gasteiger partial charge in [-0.1, -0.05) is 13.0 Å². The largest absolute Gasteiger partial charge is 0.152 e. The minimum atomic E-state index is 1.12. The monoisotopic (exact) mass is 184 g/mol. The van der Waals surface area contributed by atoms with Crippen LogP contribution in [-0.2, 0) is 0 Å². The topological polar surface area (TPSA) is 0 Å². The van der Waals surface area contributed by atoms with E-state index in [0.717, 1.165) is 6.42 Å². The first kappa shape index (κ1) is 8.88. The van der Waals surface area contributed by atoms with Crippen LogP contribution in [0.3, 0.4) is 0 Å². The Kier molecular flexibility index (Phi) is 3.73. The molecule has 0 saturated heterocycles. The van der Waals surface area contributed by atoms with E-state index in [4.69, 9.17) is 0 Å². The van der Waals surface area contributed by atoms with Crippen LogP contribution in [-0.4, -0.2) is 6.26 Å². The molecule has 0 nitrogen and oxygen atoms in total. The van der Waals surface area contributed by atoms with Crippen molar-refractivity contribution in [2.45, 2.75) is 13.3 Å². The van der Waals surface area contributed by atoms with Crippen LogP contribution in [0.2, 0.25) is 0 Å². The Morgan fingerprint density at radius 1 is 1.73 bits per heavy atom. The smallest absolute Gasteiger partial charge is 0.0110 e. The fourth-order valence-corrected chi connectivity index (χ4v) is 2.34. The van der Waals surface area contributed by atoms with Gasteiger partial charge in [-0.05, 0) is 35.1 Å². The Morgan fingerprint density at radius 2 is 2.55 bits per heavy atom. The van der Waals surface area contributed by atoms with Gasteiger partial charge in [-0.25, -0.2) is 0 Å². The third-order valence-electron chi connectivity index (χ3n) is 1.42. The number of hydrogen-bond acceptors (Lipinski definition) is 2. The highest BCUT2D eigenvalue weighted by molar-refractivity contribution is 8.07. The van der Waals surface area contributed by atoms with Gasteiger partial charge < -0.3 is 0 Å². The molecule has 0 fully saturated rings. The first-order valence-corrected chi connectivity index (χ1v) is 5.82. The molecule has 2 heteroatoms. The molecule has 0 N–H and O–H groups in total. The lowest BCUT2D eigenvalue weighted by Gasteiger charge is -1.98. The molecule has 0 amide bonds. The molecule has 0 aromatic carbocycles. The second kappa shape index (κ2) is 4.62. The fraction of sp³-hybridized carbons (Fsp3) is 0.333. The zero-order chi connectivity index (χ0) is 8.10. The van der Waals surface area contributed by atoms with Crippen LogP contribution in [0.4, 0.5) is 0 Å². The van der Waals surface area contributed by atoms with Crippen LogP contribution >= 0.6 is 23.1 Å². The average molecular weight is 184 g/mol. The first-order chi connectivity index (χ1) is 5.38. The van der Waals surface area contributed by atoms with Gasteiger partial charge in [0.1, 0.15) is 0 Å². The van der Waals surface area contributed by atoms with E-state index in [9.17, 15) is 0 Å². The Hall–Kier alpha value is -0.210. The van der Waals surface area contributed by atoms with Crippen LogP contribution in [0, 0.1) is 0 Å². The highest BCUT2D eigenvalue weighted by atomic mass is 32.2. The third-order valence-corrected chi connectivity index (χ3v) is 2.94. The Bertz CT molecular complexity index is 222. The van der Waals surface area contributed by atoms with Crippen molar-refractivity contribution in [2.75, 3.05) is 6.26 Å². The summed E-state index contributed by atoms with van der Waals surface area (Å²) in [5.74, 6) is 0. The highest BCUT2D eigenvalue weighted by Gasteiger charge is 1.97. The Labute approximate surface area is 76.3 Å². The van der Waals surface area contributed by atoms with Gasteiger partial charge in [0.2, 0.25) is 0 Å². The molecule has 60 valence electrons. The summed E-state index contributed by atoms with van der Waals surface area (Å²) in [5.41, 5.74) is 1.37. The van der Waals surface area contributed by atoms with E-state index in [2.05, 4.69) is 36.1 Å². The van der Waals surface area contributed by atoms with Gasteiger partial charge in [0.15, 0.2) is 0 Å². The van der Waals surface area contributed by atoms with Crippen molar-refractivity contribution in [3.63, 3.8) is 0 Å². The molecule has 0 saturated carbocycles. The average Bonchev–Trinajstić information content (AvgIpc) is 2.52. The molecule has 0 radical (unpaired) electrons. The van der Waals surface area contributed by atoms with E-state index in [-0.39, 0.29) is 0 Å². The molecule has 1 aromatic rings. The maximum absolute atomic E-state index is 2.27. The zero-order valence-corrected chi connectivity index (χ0v) is 8.47. The molecule has 1 rings (SSSR count). The molecule has 0 aliphatic heterocycles. The first-order valence-electron chi connectivity index (χ1n) is 3.65. The number of rotatable bonds is 3. The molecule has 11 heavy (non-hydrogen) atoms. The van der Waals surface area contributed by atoms with E-state index in [1.807, 2.05) is 11.8 Å². The van der Waals surface area contributed by atoms with Crippen molar-refractivity contribution in [1.82, 2.24) is 0 Å². The second-order valence-corrected chi connectivity index (χ2v) is 3.82. The molecule has 0 spiro atoms. The molecule has 0 aliphatic rings. The third kappa shape index (κ3) is 2.38. The van der Waals surface area contributed by atoms with E-state index < -0.39 is 0 Å². The van der Waals surface area contributed by atoms with Crippen molar-refractivity contribution in [3.05, 3.63) is 28.5 Å². The summed E-state index contributed by atoms with van der Waals surface area (Å²) in [6.07, 6.45) is 5.51. The van der Waals surface area contributed by atoms with E-state index in [0.29, 0.717) is 0 Å². The SMILES string of the molecule is CC/C=C(/SC)c1ccsc1. The summed E-state index contributed by atoms with van der Waals surface area (Å²) in [7, 11) is 0. The van der Waals surface area contributed by atoms with Crippen LogP contribution in [0.15, 0.2) is 22.9 Å². The van der Waals surface area contributed by atoms with Gasteiger partial charge in [0, 0.05) is 4.91 Å². The lowest BCUT2D eigenvalue weighted by molar-refractivity contribution is 1.23. The molecular weight excluding hydrogens is 172 g/mol. The molecule has 0 unspecified atom stereocenters. The second-order valence-electron chi connectivity index (χ2n) is 2.19. The van der Waals surface area contributed by atoms with Crippen LogP contribution in [0.25, 0.3) is 4.91 Å². The molecule has 1 aromatic heterocycles. The van der Waals surface area contributed by atoms with Crippen LogP contribution < -0.4 is 0 Å². The summed E-state index contributed by atoms with van der Waals surface area (Å²) in [4.78, 5) is 1.40. The van der Waals surface area contributed by atoms with Crippen molar-refractivity contribution < 1.29 is 0 Å². The summed E-state index contributed by atoms with van der Waals surface area (Å²) >= 11 is 3.57. The summed E-state index contributed by atoms with van der Waals surface area (Å²) in [5, 5.41) is 4.31. The van der Waals surface area contributed by atoms with Gasteiger partial charge >= 0.3 is 0 Å². The molecule has 0 aliphatic carbocycles. The van der Waals surface area contributed by atoms with Gasteiger partial charge in [-0.15, -0.1) is 11.8 Å². The van der Waals surface area contributed by atoms with E-state index >= 15 is 0 Å². The zero-order valence-electron chi connectivity index (χ0n) is 6.83. The number of allylic oxidation sites excluding steroid dienone is 1. The normalized spacial score (nSPS) is 12.0. The summed E-state index contributed by atoms with van der Waals surface area (Å²) in [6, 6.07) is 2.17. The number of thiophene rings is 1. The predicted octanol–water partition coefficient (Wildman–Crippen LogP) is 3.86. The van der Waals surface area contributed by atoms with Crippen molar-refractivity contribution >= 4 is 28.0 Å². The maximum atomic E-state index is 2.27. The van der Waals surface area contributed by atoms with Crippen LogP contribution in [0.1, 0.15) is 18.9 Å². The summed E-state index contributed by atoms with van der Waals surface area (Å²) in [6.45, 7) is 2.17. The molecule has 0 atom stereocenters. The number of hydrogen-bond donors (Lipinski definition) is 0. The van der Waals surface area contributed by atoms with Crippen molar-refractivity contribution in [2.24, 2.45) is 0 Å². The van der Waals surface area contributed by atoms with Gasteiger partial charge in [0.05, 0.1) is 0 Å². The maximum Gasteiger partial charge on any atom is 0.0110 e. The van der Waals surface area contributed by atoms with Crippen molar-refractivity contribution in [3.8, 4) is 0 Å².